The maximum absolute atomic E-state index is 11.6. The van der Waals surface area contributed by atoms with E-state index in [1.807, 2.05) is 0 Å². The number of aliphatic carboxylic acids is 1. The van der Waals surface area contributed by atoms with Crippen LogP contribution in [0.2, 0.25) is 0 Å². The number of carbonyl (C=O) groups is 1. The van der Waals surface area contributed by atoms with Crippen LogP contribution >= 0.6 is 0 Å². The van der Waals surface area contributed by atoms with Crippen LogP contribution in [0.3, 0.4) is 0 Å². The molecule has 0 aromatic carbocycles. The van der Waals surface area contributed by atoms with Gasteiger partial charge in [0, 0.05) is 0 Å². The van der Waals surface area contributed by atoms with Crippen LogP contribution in [0.15, 0.2) is 0 Å². The summed E-state index contributed by atoms with van der Waals surface area (Å²) in [7, 11) is 0. The zero-order chi connectivity index (χ0) is 24.1. The van der Waals surface area contributed by atoms with Crippen molar-refractivity contribution in [3.63, 3.8) is 0 Å². The van der Waals surface area contributed by atoms with Gasteiger partial charge in [0.1, 0.15) is 0 Å². The van der Waals surface area contributed by atoms with E-state index in [-0.39, 0.29) is 35.6 Å². The maximum Gasteiger partial charge on any atom is 0.308 e. The molecule has 4 aliphatic rings. The number of fused-ring (bicyclic) bond motifs is 5. The number of carboxylic acids is 1. The summed E-state index contributed by atoms with van der Waals surface area (Å²) in [6.45, 7) is 6.54. The molecule has 0 amide bonds. The van der Waals surface area contributed by atoms with Crippen molar-refractivity contribution >= 4 is 5.97 Å². The Bertz CT molecular complexity index is 713. The second kappa shape index (κ2) is 9.40. The van der Waals surface area contributed by atoms with Crippen LogP contribution in [0.4, 0.5) is 0 Å². The first-order valence-electron chi connectivity index (χ1n) is 13.4. The molecule has 0 spiro atoms. The molecule has 0 aliphatic heterocycles. The molecule has 4 rings (SSSR count). The molecule has 12 atom stereocenters. The molecule has 0 aromatic rings. The Morgan fingerprint density at radius 3 is 2.39 bits per heavy atom. The zero-order valence-corrected chi connectivity index (χ0v) is 20.7. The Balaban J connectivity index is 1.49. The molecule has 0 aromatic heterocycles. The smallest absolute Gasteiger partial charge is 0.308 e. The molecule has 0 radical (unpaired) electrons. The monoisotopic (exact) mass is 466 g/mol. The highest BCUT2D eigenvalue weighted by Crippen LogP contribution is 2.68. The van der Waals surface area contributed by atoms with Gasteiger partial charge in [-0.3, -0.25) is 4.79 Å². The Morgan fingerprint density at radius 2 is 1.73 bits per heavy atom. The minimum atomic E-state index is -0.930. The van der Waals surface area contributed by atoms with Crippen molar-refractivity contribution < 1.29 is 30.3 Å². The van der Waals surface area contributed by atoms with Gasteiger partial charge >= 0.3 is 5.97 Å². The third-order valence-electron chi connectivity index (χ3n) is 11.3. The number of hydrogen-bond donors (Lipinski definition) is 5. The lowest BCUT2D eigenvalue weighted by atomic mass is 9.43. The Labute approximate surface area is 198 Å². The zero-order valence-electron chi connectivity index (χ0n) is 20.7. The minimum Gasteiger partial charge on any atom is -0.481 e. The first-order chi connectivity index (χ1) is 15.5. The maximum atomic E-state index is 11.6. The van der Waals surface area contributed by atoms with Gasteiger partial charge in [0.25, 0.3) is 0 Å². The van der Waals surface area contributed by atoms with Gasteiger partial charge < -0.3 is 25.5 Å². The van der Waals surface area contributed by atoms with Crippen molar-refractivity contribution in [3.05, 3.63) is 0 Å². The second-order valence-electron chi connectivity index (χ2n) is 12.7. The van der Waals surface area contributed by atoms with E-state index >= 15 is 0 Å². The minimum absolute atomic E-state index is 0.0886. The van der Waals surface area contributed by atoms with Gasteiger partial charge in [-0.2, -0.15) is 0 Å². The molecule has 4 fully saturated rings. The predicted octanol–water partition coefficient (Wildman–Crippen LogP) is 3.45. The molecule has 1 unspecified atom stereocenters. The number of carboxylic acid groups (broad SMARTS) is 1. The van der Waals surface area contributed by atoms with Crippen molar-refractivity contribution in [2.45, 2.75) is 103 Å². The summed E-state index contributed by atoms with van der Waals surface area (Å²) < 4.78 is 0. The molecule has 0 heterocycles. The molecule has 6 nitrogen and oxygen atoms in total. The van der Waals surface area contributed by atoms with E-state index in [0.717, 1.165) is 57.8 Å². The summed E-state index contributed by atoms with van der Waals surface area (Å²) in [4.78, 5) is 11.2. The third kappa shape index (κ3) is 4.17. The SMILES string of the molecule is C[C@H](CCCC(CO)C(=O)O)[C@H]1CC[C@H]2[C@@H]3[C@H](O)C[C@H]4C[C@H](O)CC[C@]4(C)[C@H]3C[C@H](O)[C@]12C. The van der Waals surface area contributed by atoms with Crippen molar-refractivity contribution in [2.24, 2.45) is 52.3 Å². The molecule has 6 heteroatoms. The van der Waals surface area contributed by atoms with Gasteiger partial charge in [-0.15, -0.1) is 0 Å². The summed E-state index contributed by atoms with van der Waals surface area (Å²) in [5.41, 5.74) is -0.132. The Kier molecular flexibility index (Phi) is 7.24. The normalized spacial score (nSPS) is 48.9. The summed E-state index contributed by atoms with van der Waals surface area (Å²) in [6, 6.07) is 0. The van der Waals surface area contributed by atoms with Gasteiger partial charge in [0.05, 0.1) is 30.8 Å². The van der Waals surface area contributed by atoms with E-state index < -0.39 is 18.0 Å². The second-order valence-corrected chi connectivity index (χ2v) is 12.7. The quantitative estimate of drug-likeness (QED) is 0.392. The van der Waals surface area contributed by atoms with Gasteiger partial charge in [-0.1, -0.05) is 33.6 Å². The summed E-state index contributed by atoms with van der Waals surface area (Å²) in [5, 5.41) is 51.7. The Hall–Kier alpha value is -0.690. The van der Waals surface area contributed by atoms with E-state index in [1.165, 1.54) is 0 Å². The van der Waals surface area contributed by atoms with Crippen molar-refractivity contribution in [1.82, 2.24) is 0 Å². The summed E-state index contributed by atoms with van der Waals surface area (Å²) in [5.74, 6) is 0.279. The lowest BCUT2D eigenvalue weighted by Gasteiger charge is -2.63. The van der Waals surface area contributed by atoms with Crippen LogP contribution in [0.5, 0.6) is 0 Å². The average Bonchev–Trinajstić information content (AvgIpc) is 3.11. The van der Waals surface area contributed by atoms with E-state index in [0.29, 0.717) is 36.0 Å². The molecular weight excluding hydrogens is 420 g/mol. The van der Waals surface area contributed by atoms with Crippen molar-refractivity contribution in [2.75, 3.05) is 6.61 Å². The molecule has 0 bridgehead atoms. The van der Waals surface area contributed by atoms with Gasteiger partial charge in [-0.25, -0.2) is 0 Å². The lowest BCUT2D eigenvalue weighted by molar-refractivity contribution is -0.207. The highest BCUT2D eigenvalue weighted by atomic mass is 16.4. The summed E-state index contributed by atoms with van der Waals surface area (Å²) >= 11 is 0. The fourth-order valence-corrected chi connectivity index (χ4v) is 9.31. The third-order valence-corrected chi connectivity index (χ3v) is 11.3. The van der Waals surface area contributed by atoms with Crippen LogP contribution in [0, 0.1) is 52.3 Å². The van der Waals surface area contributed by atoms with Crippen LogP contribution in [-0.4, -0.2) is 56.4 Å². The standard InChI is InChI=1S/C27H46O6/c1-15(5-4-6-16(14-28)25(32)33)19-7-8-20-24-21(13-23(31)27(19,20)3)26(2)10-9-18(29)11-17(26)12-22(24)30/h15-24,28-31H,4-14H2,1-3H3,(H,32,33)/t15-,16?,17-,18-,19-,20+,21+,22-,23+,24+,26+,27-/m1/s1. The molecule has 0 saturated heterocycles. The van der Waals surface area contributed by atoms with Gasteiger partial charge in [0.15, 0.2) is 0 Å². The number of rotatable bonds is 7. The van der Waals surface area contributed by atoms with Gasteiger partial charge in [0.2, 0.25) is 0 Å². The van der Waals surface area contributed by atoms with Crippen LogP contribution in [-0.2, 0) is 4.79 Å². The average molecular weight is 467 g/mol. The number of hydrogen-bond acceptors (Lipinski definition) is 5. The molecule has 4 aliphatic carbocycles. The van der Waals surface area contributed by atoms with Crippen LogP contribution < -0.4 is 0 Å². The number of aliphatic hydroxyl groups is 4. The van der Waals surface area contributed by atoms with Crippen molar-refractivity contribution in [3.8, 4) is 0 Å². The molecule has 5 N–H and O–H groups in total. The lowest BCUT2D eigenvalue weighted by Crippen LogP contribution is -2.62. The van der Waals surface area contributed by atoms with Crippen molar-refractivity contribution in [1.29, 1.82) is 0 Å². The molecule has 33 heavy (non-hydrogen) atoms. The largest absolute Gasteiger partial charge is 0.481 e. The van der Waals surface area contributed by atoms with Gasteiger partial charge in [-0.05, 0) is 97.7 Å². The fraction of sp³-hybridized carbons (Fsp3) is 0.963. The first kappa shape index (κ1) is 25.4. The highest BCUT2D eigenvalue weighted by molar-refractivity contribution is 5.69. The van der Waals surface area contributed by atoms with E-state index in [2.05, 4.69) is 20.8 Å². The number of aliphatic hydroxyl groups excluding tert-OH is 4. The summed E-state index contributed by atoms with van der Waals surface area (Å²) in [6.07, 6.45) is 7.35. The predicted molar refractivity (Wildman–Crippen MR) is 125 cm³/mol. The Morgan fingerprint density at radius 1 is 1.00 bits per heavy atom. The van der Waals surface area contributed by atoms with E-state index in [4.69, 9.17) is 0 Å². The van der Waals surface area contributed by atoms with E-state index in [1.54, 1.807) is 0 Å². The van der Waals surface area contributed by atoms with Crippen LogP contribution in [0.25, 0.3) is 0 Å². The molecule has 4 saturated carbocycles. The first-order valence-corrected chi connectivity index (χ1v) is 13.4. The topological polar surface area (TPSA) is 118 Å². The molecule has 190 valence electrons. The van der Waals surface area contributed by atoms with Crippen LogP contribution in [0.1, 0.15) is 85.0 Å². The fourth-order valence-electron chi connectivity index (χ4n) is 9.31. The van der Waals surface area contributed by atoms with E-state index in [9.17, 15) is 30.3 Å². The highest BCUT2D eigenvalue weighted by Gasteiger charge is 2.65. The molecular formula is C27H46O6.